The first kappa shape index (κ1) is 16.0. The minimum atomic E-state index is -2.07. The van der Waals surface area contributed by atoms with Crippen LogP contribution in [0.25, 0.3) is 0 Å². The number of carbonyl (C=O) groups is 2. The van der Waals surface area contributed by atoms with E-state index in [9.17, 15) is 14.7 Å². The lowest BCUT2D eigenvalue weighted by Gasteiger charge is -2.29. The Labute approximate surface area is 117 Å². The number of carbonyl (C=O) groups excluding carboxylic acids is 2. The standard InChI is InChI=1S/C14H19NO5/c1-13(2,3)20-12(18)14(15,11(17)19-4)9-5-7-10(16)8-6-9/h5-8,16H,15H2,1-4H3/t14-/m1/s1. The SMILES string of the molecule is COC(=O)[C@@](N)(C(=O)OC(C)(C)C)c1ccc(O)cc1. The predicted octanol–water partition coefficient (Wildman–Crippen LogP) is 1.06. The van der Waals surface area contributed by atoms with Gasteiger partial charge in [-0.25, -0.2) is 9.59 Å². The molecule has 0 spiro atoms. The maximum absolute atomic E-state index is 12.3. The van der Waals surface area contributed by atoms with Crippen molar-refractivity contribution in [2.24, 2.45) is 5.73 Å². The maximum Gasteiger partial charge on any atom is 0.343 e. The second-order valence-corrected chi connectivity index (χ2v) is 5.35. The summed E-state index contributed by atoms with van der Waals surface area (Å²) >= 11 is 0. The summed E-state index contributed by atoms with van der Waals surface area (Å²) in [5, 5.41) is 9.27. The largest absolute Gasteiger partial charge is 0.508 e. The number of hydrogen-bond donors (Lipinski definition) is 2. The van der Waals surface area contributed by atoms with Crippen molar-refractivity contribution in [2.45, 2.75) is 31.9 Å². The Hall–Kier alpha value is -2.08. The molecule has 0 saturated carbocycles. The molecule has 0 aliphatic heterocycles. The van der Waals surface area contributed by atoms with Gasteiger partial charge in [0, 0.05) is 0 Å². The molecule has 0 fully saturated rings. The summed E-state index contributed by atoms with van der Waals surface area (Å²) in [6.07, 6.45) is 0. The minimum absolute atomic E-state index is 0.00912. The average molecular weight is 281 g/mol. The van der Waals surface area contributed by atoms with Crippen LogP contribution in [0.15, 0.2) is 24.3 Å². The first-order valence-electron chi connectivity index (χ1n) is 6.01. The molecule has 6 heteroatoms. The van der Waals surface area contributed by atoms with Crippen LogP contribution in [0.5, 0.6) is 5.75 Å². The van der Waals surface area contributed by atoms with Crippen molar-refractivity contribution in [3.05, 3.63) is 29.8 Å². The smallest absolute Gasteiger partial charge is 0.343 e. The molecule has 1 rings (SSSR count). The molecule has 6 nitrogen and oxygen atoms in total. The zero-order valence-corrected chi connectivity index (χ0v) is 12.0. The maximum atomic E-state index is 12.3. The molecule has 0 amide bonds. The van der Waals surface area contributed by atoms with Gasteiger partial charge in [-0.1, -0.05) is 12.1 Å². The summed E-state index contributed by atoms with van der Waals surface area (Å²) in [6.45, 7) is 5.00. The monoisotopic (exact) mass is 281 g/mol. The van der Waals surface area contributed by atoms with Crippen molar-refractivity contribution in [1.82, 2.24) is 0 Å². The third-order valence-electron chi connectivity index (χ3n) is 2.55. The highest BCUT2D eigenvalue weighted by Gasteiger charge is 2.48. The highest BCUT2D eigenvalue weighted by Crippen LogP contribution is 2.26. The number of hydrogen-bond acceptors (Lipinski definition) is 6. The number of phenols is 1. The van der Waals surface area contributed by atoms with E-state index < -0.39 is 23.1 Å². The molecule has 110 valence electrons. The van der Waals surface area contributed by atoms with E-state index in [1.54, 1.807) is 20.8 Å². The zero-order chi connectivity index (χ0) is 15.6. The van der Waals surface area contributed by atoms with Gasteiger partial charge in [0.15, 0.2) is 0 Å². The van der Waals surface area contributed by atoms with Crippen molar-refractivity contribution >= 4 is 11.9 Å². The van der Waals surface area contributed by atoms with E-state index in [-0.39, 0.29) is 11.3 Å². The molecule has 0 unspecified atom stereocenters. The minimum Gasteiger partial charge on any atom is -0.508 e. The van der Waals surface area contributed by atoms with Gasteiger partial charge in [0.2, 0.25) is 5.54 Å². The van der Waals surface area contributed by atoms with Gasteiger partial charge >= 0.3 is 11.9 Å². The van der Waals surface area contributed by atoms with Crippen LogP contribution in [0.4, 0.5) is 0 Å². The van der Waals surface area contributed by atoms with Crippen LogP contribution in [0.3, 0.4) is 0 Å². The Kier molecular flexibility index (Phi) is 4.39. The van der Waals surface area contributed by atoms with Crippen molar-refractivity contribution in [3.63, 3.8) is 0 Å². The number of esters is 2. The average Bonchev–Trinajstić information content (AvgIpc) is 2.35. The van der Waals surface area contributed by atoms with Gasteiger partial charge in [-0.3, -0.25) is 0 Å². The first-order chi connectivity index (χ1) is 9.11. The molecule has 1 aromatic rings. The summed E-state index contributed by atoms with van der Waals surface area (Å²) in [5.74, 6) is -1.86. The number of nitrogens with two attached hydrogens (primary N) is 1. The summed E-state index contributed by atoms with van der Waals surface area (Å²) in [7, 11) is 1.13. The second kappa shape index (κ2) is 5.50. The predicted molar refractivity (Wildman–Crippen MR) is 71.8 cm³/mol. The van der Waals surface area contributed by atoms with Crippen LogP contribution in [0, 0.1) is 0 Å². The Morgan fingerprint density at radius 1 is 1.10 bits per heavy atom. The van der Waals surface area contributed by atoms with E-state index in [2.05, 4.69) is 4.74 Å². The van der Waals surface area contributed by atoms with Crippen LogP contribution in [-0.2, 0) is 24.6 Å². The highest BCUT2D eigenvalue weighted by atomic mass is 16.6. The molecule has 1 aromatic carbocycles. The Bertz CT molecular complexity index is 503. The van der Waals surface area contributed by atoms with Crippen LogP contribution < -0.4 is 5.73 Å². The third kappa shape index (κ3) is 3.27. The molecule has 0 aromatic heterocycles. The number of ether oxygens (including phenoxy) is 2. The van der Waals surface area contributed by atoms with Crippen molar-refractivity contribution in [2.75, 3.05) is 7.11 Å². The van der Waals surface area contributed by atoms with E-state index in [0.717, 1.165) is 7.11 Å². The molecule has 0 aliphatic rings. The number of aromatic hydroxyl groups is 1. The van der Waals surface area contributed by atoms with Crippen LogP contribution in [0.1, 0.15) is 26.3 Å². The van der Waals surface area contributed by atoms with Crippen LogP contribution in [0.2, 0.25) is 0 Å². The lowest BCUT2D eigenvalue weighted by molar-refractivity contribution is -0.171. The van der Waals surface area contributed by atoms with E-state index in [4.69, 9.17) is 10.5 Å². The van der Waals surface area contributed by atoms with Gasteiger partial charge in [-0.15, -0.1) is 0 Å². The number of rotatable bonds is 3. The van der Waals surface area contributed by atoms with E-state index in [1.165, 1.54) is 24.3 Å². The number of benzene rings is 1. The normalized spacial score (nSPS) is 14.2. The number of methoxy groups -OCH3 is 1. The fourth-order valence-electron chi connectivity index (χ4n) is 1.56. The van der Waals surface area contributed by atoms with E-state index in [1.807, 2.05) is 0 Å². The summed E-state index contributed by atoms with van der Waals surface area (Å²) in [5.41, 5.74) is 3.25. The Morgan fingerprint density at radius 2 is 1.60 bits per heavy atom. The molecule has 0 bridgehead atoms. The Balaban J connectivity index is 3.26. The lowest BCUT2D eigenvalue weighted by atomic mass is 9.90. The van der Waals surface area contributed by atoms with Crippen molar-refractivity contribution in [1.29, 1.82) is 0 Å². The molecule has 0 heterocycles. The van der Waals surface area contributed by atoms with E-state index in [0.29, 0.717) is 0 Å². The van der Waals surface area contributed by atoms with Crippen molar-refractivity contribution < 1.29 is 24.2 Å². The third-order valence-corrected chi connectivity index (χ3v) is 2.55. The molecule has 0 saturated heterocycles. The van der Waals surface area contributed by atoms with Crippen LogP contribution in [-0.4, -0.2) is 29.8 Å². The molecule has 3 N–H and O–H groups in total. The van der Waals surface area contributed by atoms with Gasteiger partial charge in [0.25, 0.3) is 0 Å². The molecule has 0 aliphatic carbocycles. The fraction of sp³-hybridized carbons (Fsp3) is 0.429. The molecular weight excluding hydrogens is 262 g/mol. The summed E-state index contributed by atoms with van der Waals surface area (Å²) < 4.78 is 9.79. The molecule has 1 atom stereocenters. The van der Waals surface area contributed by atoms with Gasteiger partial charge in [0.05, 0.1) is 7.11 Å². The summed E-state index contributed by atoms with van der Waals surface area (Å²) in [4.78, 5) is 24.2. The first-order valence-corrected chi connectivity index (χ1v) is 6.01. The fourth-order valence-corrected chi connectivity index (χ4v) is 1.56. The lowest BCUT2D eigenvalue weighted by Crippen LogP contribution is -2.54. The van der Waals surface area contributed by atoms with Gasteiger partial charge in [0.1, 0.15) is 11.4 Å². The number of phenolic OH excluding ortho intramolecular Hbond substituents is 1. The van der Waals surface area contributed by atoms with Gasteiger partial charge in [-0.2, -0.15) is 0 Å². The molecular formula is C14H19NO5. The quantitative estimate of drug-likeness (QED) is 0.635. The van der Waals surface area contributed by atoms with Gasteiger partial charge in [-0.05, 0) is 38.5 Å². The topological polar surface area (TPSA) is 98.9 Å². The van der Waals surface area contributed by atoms with E-state index >= 15 is 0 Å². The Morgan fingerprint density at radius 3 is 2.00 bits per heavy atom. The van der Waals surface area contributed by atoms with Crippen LogP contribution >= 0.6 is 0 Å². The second-order valence-electron chi connectivity index (χ2n) is 5.35. The van der Waals surface area contributed by atoms with Gasteiger partial charge < -0.3 is 20.3 Å². The highest BCUT2D eigenvalue weighted by molar-refractivity contribution is 6.05. The zero-order valence-electron chi connectivity index (χ0n) is 12.0. The molecule has 20 heavy (non-hydrogen) atoms. The van der Waals surface area contributed by atoms with Crippen molar-refractivity contribution in [3.8, 4) is 5.75 Å². The summed E-state index contributed by atoms with van der Waals surface area (Å²) in [6, 6.07) is 5.39. The molecule has 0 radical (unpaired) electrons.